The predicted molar refractivity (Wildman–Crippen MR) is 132 cm³/mol. The Kier molecular flexibility index (Phi) is 5.71. The molecule has 0 spiro atoms. The highest BCUT2D eigenvalue weighted by Gasteiger charge is 2.68. The fourth-order valence-corrected chi connectivity index (χ4v) is 9.60. The van der Waals surface area contributed by atoms with E-state index in [2.05, 4.69) is 13.0 Å². The Morgan fingerprint density at radius 1 is 1.05 bits per heavy atom. The summed E-state index contributed by atoms with van der Waals surface area (Å²) in [5, 5.41) is 44.3. The van der Waals surface area contributed by atoms with Gasteiger partial charge in [-0.1, -0.05) is 13.0 Å². The summed E-state index contributed by atoms with van der Waals surface area (Å²) < 4.78 is 23.6. The van der Waals surface area contributed by atoms with Crippen molar-refractivity contribution < 1.29 is 44.2 Å². The minimum Gasteiger partial charge on any atom is -0.387 e. The number of hydrogen-bond donors (Lipinski definition) is 4. The summed E-state index contributed by atoms with van der Waals surface area (Å²) in [5.74, 6) is -1.95. The van der Waals surface area contributed by atoms with Crippen LogP contribution in [0.2, 0.25) is 0 Å². The number of carbonyl (C=O) groups is 1. The Morgan fingerprint density at radius 3 is 2.58 bits per heavy atom. The van der Waals surface area contributed by atoms with Gasteiger partial charge in [0.2, 0.25) is 12.1 Å². The maximum absolute atomic E-state index is 13.1. The van der Waals surface area contributed by atoms with Gasteiger partial charge in [0.05, 0.1) is 30.5 Å². The number of hydrogen-bond acceptors (Lipinski definition) is 9. The standard InChI is InChI=1S/C29H40O9/c1-15-9-23(31)29(34)25(36-15)37-21-11-17-3-4-20-19(27(17,14-30)12-22(21)38-29)5-7-26(2)18(6-8-28(20,26)33)16-10-24(32)35-13-16/h4,10,14-15,17-19,21-25,31-34H,3,5-9,11-13H2,1-2H3. The molecule has 3 heterocycles. The predicted octanol–water partition coefficient (Wildman–Crippen LogP) is 1.71. The third-order valence-electron chi connectivity index (χ3n) is 11.6. The van der Waals surface area contributed by atoms with Gasteiger partial charge in [-0.25, -0.2) is 0 Å². The van der Waals surface area contributed by atoms with Crippen LogP contribution < -0.4 is 0 Å². The van der Waals surface area contributed by atoms with E-state index in [1.165, 1.54) is 0 Å². The number of ether oxygens (including phenoxy) is 4. The molecule has 13 atom stereocenters. The molecule has 5 fully saturated rings. The number of allylic oxidation sites excluding steroid dienone is 1. The molecule has 38 heavy (non-hydrogen) atoms. The van der Waals surface area contributed by atoms with E-state index >= 15 is 0 Å². The van der Waals surface area contributed by atoms with Crippen LogP contribution in [-0.2, 0) is 23.7 Å². The van der Waals surface area contributed by atoms with Crippen LogP contribution in [0.5, 0.6) is 0 Å². The maximum atomic E-state index is 13.1. The Morgan fingerprint density at radius 2 is 1.84 bits per heavy atom. The van der Waals surface area contributed by atoms with Crippen molar-refractivity contribution in [2.45, 2.75) is 114 Å². The smallest absolute Gasteiger partial charge is 0.245 e. The number of carbonyl (C=O) groups excluding carboxylic acids is 1. The molecule has 0 aromatic rings. The molecule has 0 radical (unpaired) electrons. The summed E-state index contributed by atoms with van der Waals surface area (Å²) in [6.07, 6.45) is 5.57. The van der Waals surface area contributed by atoms with Crippen molar-refractivity contribution in [3.05, 3.63) is 23.3 Å². The molecule has 0 amide bonds. The zero-order valence-corrected chi connectivity index (χ0v) is 22.1. The van der Waals surface area contributed by atoms with Crippen LogP contribution in [0.3, 0.4) is 0 Å². The molecule has 7 aliphatic rings. The lowest BCUT2D eigenvalue weighted by Gasteiger charge is -2.62. The lowest BCUT2D eigenvalue weighted by molar-refractivity contribution is -0.456. The van der Waals surface area contributed by atoms with E-state index < -0.39 is 47.0 Å². The summed E-state index contributed by atoms with van der Waals surface area (Å²) in [4.78, 5) is 13.1. The lowest BCUT2D eigenvalue weighted by atomic mass is 9.46. The van der Waals surface area contributed by atoms with Gasteiger partial charge in [-0.2, -0.15) is 0 Å². The SMILES string of the molecule is CC1CC(O)C2(O)OC3CC4(C=O)C(CC=C5C4CCC4(C)C(C6=CC(O)OC6)CCC54O)CC3OC2O1. The van der Waals surface area contributed by atoms with E-state index in [1.54, 1.807) is 6.08 Å². The van der Waals surface area contributed by atoms with Crippen molar-refractivity contribution in [2.24, 2.45) is 28.6 Å². The highest BCUT2D eigenvalue weighted by Crippen LogP contribution is 2.68. The van der Waals surface area contributed by atoms with E-state index in [0.717, 1.165) is 36.7 Å². The van der Waals surface area contributed by atoms with Crippen molar-refractivity contribution in [2.75, 3.05) is 6.61 Å². The van der Waals surface area contributed by atoms with Crippen molar-refractivity contribution >= 4 is 6.29 Å². The molecule has 2 saturated heterocycles. The molecule has 210 valence electrons. The molecular weight excluding hydrogens is 492 g/mol. The van der Waals surface area contributed by atoms with E-state index in [9.17, 15) is 25.2 Å². The molecule has 13 unspecified atom stereocenters. The number of aliphatic hydroxyl groups excluding tert-OH is 2. The molecule has 0 bridgehead atoms. The summed E-state index contributed by atoms with van der Waals surface area (Å²) in [5.41, 5.74) is -0.155. The quantitative estimate of drug-likeness (QED) is 0.310. The van der Waals surface area contributed by atoms with Gasteiger partial charge >= 0.3 is 0 Å². The number of rotatable bonds is 2. The van der Waals surface area contributed by atoms with Gasteiger partial charge in [0, 0.05) is 17.3 Å². The highest BCUT2D eigenvalue weighted by atomic mass is 16.8. The Hall–Kier alpha value is -1.17. The largest absolute Gasteiger partial charge is 0.387 e. The molecule has 7 rings (SSSR count). The summed E-state index contributed by atoms with van der Waals surface area (Å²) in [6.45, 7) is 4.37. The molecule has 3 saturated carbocycles. The number of aldehydes is 1. The Bertz CT molecular complexity index is 1070. The molecule has 0 aromatic heterocycles. The molecule has 4 N–H and O–H groups in total. The van der Waals surface area contributed by atoms with Gasteiger partial charge in [-0.3, -0.25) is 0 Å². The van der Waals surface area contributed by atoms with Gasteiger partial charge in [-0.05, 0) is 86.8 Å². The van der Waals surface area contributed by atoms with Gasteiger partial charge in [-0.15, -0.1) is 0 Å². The first-order valence-corrected chi connectivity index (χ1v) is 14.3. The van der Waals surface area contributed by atoms with E-state index in [-0.39, 0.29) is 36.4 Å². The van der Waals surface area contributed by atoms with Gasteiger partial charge in [0.25, 0.3) is 0 Å². The first kappa shape index (κ1) is 25.8. The van der Waals surface area contributed by atoms with E-state index in [1.807, 2.05) is 6.92 Å². The normalized spacial score (nSPS) is 57.5. The molecule has 9 nitrogen and oxygen atoms in total. The minimum absolute atomic E-state index is 0.0296. The molecular formula is C29H40O9. The second-order valence-corrected chi connectivity index (χ2v) is 13.3. The van der Waals surface area contributed by atoms with Gasteiger partial charge < -0.3 is 44.2 Å². The number of aliphatic hydroxyl groups is 4. The van der Waals surface area contributed by atoms with Crippen LogP contribution in [-0.4, -0.2) is 81.7 Å². The number of fused-ring (bicyclic) bond motifs is 7. The highest BCUT2D eigenvalue weighted by molar-refractivity contribution is 5.64. The van der Waals surface area contributed by atoms with Crippen molar-refractivity contribution in [1.29, 1.82) is 0 Å². The topological polar surface area (TPSA) is 135 Å². The maximum Gasteiger partial charge on any atom is 0.245 e. The van der Waals surface area contributed by atoms with Crippen LogP contribution in [0.25, 0.3) is 0 Å². The monoisotopic (exact) mass is 532 g/mol. The molecule has 9 heteroatoms. The van der Waals surface area contributed by atoms with E-state index in [0.29, 0.717) is 32.3 Å². The summed E-state index contributed by atoms with van der Waals surface area (Å²) in [7, 11) is 0. The van der Waals surface area contributed by atoms with Gasteiger partial charge in [0.1, 0.15) is 12.4 Å². The zero-order valence-electron chi connectivity index (χ0n) is 22.1. The van der Waals surface area contributed by atoms with E-state index in [4.69, 9.17) is 18.9 Å². The fraction of sp³-hybridized carbons (Fsp3) is 0.828. The molecule has 3 aliphatic heterocycles. The van der Waals surface area contributed by atoms with Crippen molar-refractivity contribution in [3.63, 3.8) is 0 Å². The second-order valence-electron chi connectivity index (χ2n) is 13.3. The van der Waals surface area contributed by atoms with Crippen molar-refractivity contribution in [3.8, 4) is 0 Å². The minimum atomic E-state index is -1.97. The first-order chi connectivity index (χ1) is 18.0. The summed E-state index contributed by atoms with van der Waals surface area (Å²) in [6, 6.07) is 0. The van der Waals surface area contributed by atoms with Crippen LogP contribution in [0, 0.1) is 28.6 Å². The fourth-order valence-electron chi connectivity index (χ4n) is 9.60. The molecule has 4 aliphatic carbocycles. The Labute approximate surface area is 222 Å². The van der Waals surface area contributed by atoms with Crippen LogP contribution >= 0.6 is 0 Å². The third-order valence-corrected chi connectivity index (χ3v) is 11.6. The Balaban J connectivity index is 1.20. The third kappa shape index (κ3) is 3.25. The molecule has 0 aromatic carbocycles. The zero-order chi connectivity index (χ0) is 26.7. The van der Waals surface area contributed by atoms with Gasteiger partial charge in [0.15, 0.2) is 6.29 Å². The van der Waals surface area contributed by atoms with Crippen molar-refractivity contribution in [1.82, 2.24) is 0 Å². The lowest BCUT2D eigenvalue weighted by Crippen LogP contribution is -2.70. The average Bonchev–Trinajstić information content (AvgIpc) is 3.42. The van der Waals surface area contributed by atoms with Crippen LogP contribution in [0.1, 0.15) is 65.2 Å². The van der Waals surface area contributed by atoms with Crippen LogP contribution in [0.15, 0.2) is 23.3 Å². The first-order valence-electron chi connectivity index (χ1n) is 14.3. The average molecular weight is 533 g/mol. The summed E-state index contributed by atoms with van der Waals surface area (Å²) >= 11 is 0. The van der Waals surface area contributed by atoms with Crippen LogP contribution in [0.4, 0.5) is 0 Å². The second kappa shape index (κ2) is 8.42.